The van der Waals surface area contributed by atoms with E-state index in [1.165, 1.54) is 11.8 Å². The summed E-state index contributed by atoms with van der Waals surface area (Å²) < 4.78 is 0. The number of thioether (sulfide) groups is 1. The predicted octanol–water partition coefficient (Wildman–Crippen LogP) is 6.55. The fourth-order valence-corrected chi connectivity index (χ4v) is 4.82. The summed E-state index contributed by atoms with van der Waals surface area (Å²) in [5.74, 6) is -1.90. The van der Waals surface area contributed by atoms with Crippen molar-refractivity contribution in [3.63, 3.8) is 0 Å². The zero-order valence-corrected chi connectivity index (χ0v) is 21.3. The van der Waals surface area contributed by atoms with E-state index in [2.05, 4.69) is 0 Å². The van der Waals surface area contributed by atoms with Gasteiger partial charge in [-0.1, -0.05) is 54.1 Å². The molecule has 1 amide bonds. The summed E-state index contributed by atoms with van der Waals surface area (Å²) >= 11 is 7.28. The van der Waals surface area contributed by atoms with E-state index in [-0.39, 0.29) is 23.9 Å². The Hall–Kier alpha value is -3.09. The highest BCUT2D eigenvalue weighted by atomic mass is 35.5. The van der Waals surface area contributed by atoms with Gasteiger partial charge in [-0.3, -0.25) is 14.4 Å². The SMILES string of the molecule is CCN(CC)C(=O)c1cccc(SCC(CC(=O)c2ccc(-c3ccc(Cl)cc3)cc2)C(=O)O)c1. The van der Waals surface area contributed by atoms with Crippen molar-refractivity contribution in [2.24, 2.45) is 5.92 Å². The number of halogens is 1. The average molecular weight is 510 g/mol. The van der Waals surface area contributed by atoms with E-state index in [0.29, 0.717) is 29.2 Å². The minimum absolute atomic E-state index is 0.0514. The number of nitrogens with zero attached hydrogens (tertiary/aromatic N) is 1. The van der Waals surface area contributed by atoms with Gasteiger partial charge in [0.05, 0.1) is 5.92 Å². The number of carboxylic acid groups (broad SMARTS) is 1. The maximum atomic E-state index is 12.8. The molecule has 1 atom stereocenters. The quantitative estimate of drug-likeness (QED) is 0.234. The minimum Gasteiger partial charge on any atom is -0.481 e. The Balaban J connectivity index is 1.64. The number of carbonyl (C=O) groups is 3. The molecule has 182 valence electrons. The lowest BCUT2D eigenvalue weighted by molar-refractivity contribution is -0.140. The van der Waals surface area contributed by atoms with Crippen LogP contribution in [-0.4, -0.2) is 46.5 Å². The van der Waals surface area contributed by atoms with Crippen molar-refractivity contribution in [3.05, 3.63) is 88.9 Å². The minimum atomic E-state index is -1.01. The highest BCUT2D eigenvalue weighted by molar-refractivity contribution is 7.99. The monoisotopic (exact) mass is 509 g/mol. The lowest BCUT2D eigenvalue weighted by Gasteiger charge is -2.19. The highest BCUT2D eigenvalue weighted by Gasteiger charge is 2.23. The zero-order chi connectivity index (χ0) is 25.4. The second-order valence-corrected chi connectivity index (χ2v) is 9.59. The van der Waals surface area contributed by atoms with Gasteiger partial charge in [-0.2, -0.15) is 0 Å². The summed E-state index contributed by atoms with van der Waals surface area (Å²) in [5, 5.41) is 10.4. The molecule has 35 heavy (non-hydrogen) atoms. The number of ketones is 1. The molecule has 0 aliphatic rings. The van der Waals surface area contributed by atoms with Crippen LogP contribution in [0, 0.1) is 5.92 Å². The highest BCUT2D eigenvalue weighted by Crippen LogP contribution is 2.26. The summed E-state index contributed by atoms with van der Waals surface area (Å²) in [6.07, 6.45) is -0.0965. The molecule has 5 nitrogen and oxygen atoms in total. The standard InChI is InChI=1S/C28H28ClNO4S/c1-3-30(4-2)27(32)22-6-5-7-25(16-22)35-18-23(28(33)34)17-26(31)21-10-8-19(9-11-21)20-12-14-24(29)15-13-20/h5-16,23H,3-4,17-18H2,1-2H3,(H,33,34). The van der Waals surface area contributed by atoms with E-state index in [4.69, 9.17) is 11.6 Å². The molecular formula is C28H28ClNO4S. The maximum Gasteiger partial charge on any atom is 0.307 e. The van der Waals surface area contributed by atoms with Gasteiger partial charge in [-0.05, 0) is 55.3 Å². The largest absolute Gasteiger partial charge is 0.481 e. The Morgan fingerprint density at radius 3 is 2.06 bits per heavy atom. The maximum absolute atomic E-state index is 12.8. The summed E-state index contributed by atoms with van der Waals surface area (Å²) in [4.78, 5) is 39.8. The van der Waals surface area contributed by atoms with E-state index >= 15 is 0 Å². The number of aliphatic carboxylic acids is 1. The summed E-state index contributed by atoms with van der Waals surface area (Å²) in [6.45, 7) is 5.10. The molecule has 0 aliphatic carbocycles. The molecule has 0 radical (unpaired) electrons. The van der Waals surface area contributed by atoms with Crippen molar-refractivity contribution >= 4 is 41.0 Å². The third kappa shape index (κ3) is 7.20. The molecule has 3 rings (SSSR count). The Labute approximate surface area is 215 Å². The van der Waals surface area contributed by atoms with Crippen molar-refractivity contribution in [3.8, 4) is 11.1 Å². The number of Topliss-reactive ketones (excluding diaryl/α,β-unsaturated/α-hetero) is 1. The Bertz CT molecular complexity index is 1170. The summed E-state index contributed by atoms with van der Waals surface area (Å²) in [6, 6.07) is 21.7. The second-order valence-electron chi connectivity index (χ2n) is 8.06. The van der Waals surface area contributed by atoms with E-state index in [0.717, 1.165) is 16.0 Å². The number of amides is 1. The second kappa shape index (κ2) is 12.6. The molecule has 3 aromatic carbocycles. The van der Waals surface area contributed by atoms with Gasteiger partial charge in [0, 0.05) is 46.3 Å². The lowest BCUT2D eigenvalue weighted by Crippen LogP contribution is -2.30. The zero-order valence-electron chi connectivity index (χ0n) is 19.7. The first kappa shape index (κ1) is 26.5. The van der Waals surface area contributed by atoms with Crippen LogP contribution in [0.3, 0.4) is 0 Å². The molecule has 0 spiro atoms. The number of benzene rings is 3. The molecule has 0 saturated heterocycles. The van der Waals surface area contributed by atoms with Crippen molar-refractivity contribution in [2.45, 2.75) is 25.2 Å². The molecule has 0 bridgehead atoms. The van der Waals surface area contributed by atoms with Crippen LogP contribution in [0.15, 0.2) is 77.7 Å². The molecule has 3 aromatic rings. The van der Waals surface area contributed by atoms with Crippen LogP contribution < -0.4 is 0 Å². The normalized spacial score (nSPS) is 11.6. The van der Waals surface area contributed by atoms with Gasteiger partial charge in [-0.15, -0.1) is 11.8 Å². The fraction of sp³-hybridized carbons (Fsp3) is 0.250. The number of hydrogen-bond acceptors (Lipinski definition) is 4. The van der Waals surface area contributed by atoms with Crippen LogP contribution in [0.25, 0.3) is 11.1 Å². The van der Waals surface area contributed by atoms with Crippen molar-refractivity contribution in [1.29, 1.82) is 0 Å². The van der Waals surface area contributed by atoms with Gasteiger partial charge >= 0.3 is 5.97 Å². The summed E-state index contributed by atoms with van der Waals surface area (Å²) in [5.41, 5.74) is 2.98. The Kier molecular flexibility index (Phi) is 9.52. The average Bonchev–Trinajstić information content (AvgIpc) is 2.87. The van der Waals surface area contributed by atoms with Crippen LogP contribution in [0.4, 0.5) is 0 Å². The lowest BCUT2D eigenvalue weighted by atomic mass is 9.97. The van der Waals surface area contributed by atoms with Crippen molar-refractivity contribution in [1.82, 2.24) is 4.90 Å². The van der Waals surface area contributed by atoms with Crippen LogP contribution >= 0.6 is 23.4 Å². The Morgan fingerprint density at radius 1 is 0.886 bits per heavy atom. The topological polar surface area (TPSA) is 74.7 Å². The van der Waals surface area contributed by atoms with Crippen LogP contribution in [0.1, 0.15) is 41.0 Å². The van der Waals surface area contributed by atoms with Gasteiger partial charge in [0.15, 0.2) is 5.78 Å². The third-order valence-electron chi connectivity index (χ3n) is 5.75. The third-order valence-corrected chi connectivity index (χ3v) is 7.16. The molecular weight excluding hydrogens is 482 g/mol. The van der Waals surface area contributed by atoms with Crippen molar-refractivity contribution < 1.29 is 19.5 Å². The molecule has 1 unspecified atom stereocenters. The van der Waals surface area contributed by atoms with Gasteiger partial charge < -0.3 is 10.0 Å². The number of carboxylic acids is 1. The Morgan fingerprint density at radius 2 is 1.49 bits per heavy atom. The smallest absolute Gasteiger partial charge is 0.307 e. The van der Waals surface area contributed by atoms with Gasteiger partial charge in [0.2, 0.25) is 0 Å². The van der Waals surface area contributed by atoms with Crippen LogP contribution in [0.5, 0.6) is 0 Å². The molecule has 7 heteroatoms. The molecule has 0 aromatic heterocycles. The van der Waals surface area contributed by atoms with Crippen LogP contribution in [0.2, 0.25) is 5.02 Å². The number of carbonyl (C=O) groups excluding carboxylic acids is 2. The van der Waals surface area contributed by atoms with Gasteiger partial charge in [0.25, 0.3) is 5.91 Å². The van der Waals surface area contributed by atoms with E-state index in [1.807, 2.05) is 44.2 Å². The first-order valence-electron chi connectivity index (χ1n) is 11.5. The van der Waals surface area contributed by atoms with Crippen molar-refractivity contribution in [2.75, 3.05) is 18.8 Å². The summed E-state index contributed by atoms with van der Waals surface area (Å²) in [7, 11) is 0. The first-order chi connectivity index (χ1) is 16.8. The van der Waals surface area contributed by atoms with Gasteiger partial charge in [-0.25, -0.2) is 0 Å². The fourth-order valence-electron chi connectivity index (χ4n) is 3.66. The molecule has 0 saturated carbocycles. The van der Waals surface area contributed by atoms with E-state index in [9.17, 15) is 19.5 Å². The van der Waals surface area contributed by atoms with E-state index in [1.54, 1.807) is 47.4 Å². The van der Waals surface area contributed by atoms with E-state index < -0.39 is 11.9 Å². The molecule has 0 aliphatic heterocycles. The number of hydrogen-bond donors (Lipinski definition) is 1. The molecule has 0 fully saturated rings. The number of rotatable bonds is 11. The molecule has 0 heterocycles. The van der Waals surface area contributed by atoms with Crippen LogP contribution in [-0.2, 0) is 4.79 Å². The first-order valence-corrected chi connectivity index (χ1v) is 12.8. The predicted molar refractivity (Wildman–Crippen MR) is 141 cm³/mol. The molecule has 1 N–H and O–H groups in total. The van der Waals surface area contributed by atoms with Gasteiger partial charge in [0.1, 0.15) is 0 Å².